The van der Waals surface area contributed by atoms with Gasteiger partial charge in [-0.1, -0.05) is 85.3 Å². The summed E-state index contributed by atoms with van der Waals surface area (Å²) in [6.07, 6.45) is 2.60. The molecule has 0 saturated heterocycles. The highest BCUT2D eigenvalue weighted by atomic mass is 35.5. The van der Waals surface area contributed by atoms with Crippen molar-refractivity contribution in [2.75, 3.05) is 5.32 Å². The van der Waals surface area contributed by atoms with Crippen molar-refractivity contribution >= 4 is 34.1 Å². The number of hydrogen-bond donors (Lipinski definition) is 1. The first-order valence-corrected chi connectivity index (χ1v) is 13.6. The van der Waals surface area contributed by atoms with Gasteiger partial charge >= 0.3 is 0 Å². The van der Waals surface area contributed by atoms with Crippen LogP contribution in [0.15, 0.2) is 102 Å². The molecule has 39 heavy (non-hydrogen) atoms. The van der Waals surface area contributed by atoms with Gasteiger partial charge in [-0.2, -0.15) is 0 Å². The lowest BCUT2D eigenvalue weighted by atomic mass is 10.0. The van der Waals surface area contributed by atoms with Crippen LogP contribution in [0.5, 0.6) is 0 Å². The second kappa shape index (κ2) is 12.1. The molecule has 0 fully saturated rings. The van der Waals surface area contributed by atoms with E-state index >= 15 is 0 Å². The molecule has 0 aliphatic rings. The second-order valence-electron chi connectivity index (χ2n) is 9.64. The van der Waals surface area contributed by atoms with E-state index in [0.717, 1.165) is 34.5 Å². The molecule has 1 N–H and O–H groups in total. The van der Waals surface area contributed by atoms with E-state index in [0.29, 0.717) is 47.4 Å². The van der Waals surface area contributed by atoms with Crippen LogP contribution in [-0.4, -0.2) is 15.5 Å². The maximum absolute atomic E-state index is 13.7. The minimum Gasteiger partial charge on any atom is -0.326 e. The third-order valence-electron chi connectivity index (χ3n) is 6.75. The molecule has 0 saturated carbocycles. The van der Waals surface area contributed by atoms with Gasteiger partial charge in [0.15, 0.2) is 0 Å². The fraction of sp³-hybridized carbons (Fsp3) is 0.182. The number of nitrogens with zero attached hydrogens (tertiary/aromatic N) is 2. The number of aromatic nitrogens is 2. The molecule has 0 atom stereocenters. The van der Waals surface area contributed by atoms with Crippen molar-refractivity contribution in [1.29, 1.82) is 0 Å². The van der Waals surface area contributed by atoms with Gasteiger partial charge in [-0.25, -0.2) is 4.98 Å². The molecular formula is C33H30ClN3O2. The average molecular weight is 536 g/mol. The maximum Gasteiger partial charge on any atom is 0.261 e. The number of hydrogen-bond acceptors (Lipinski definition) is 3. The fourth-order valence-corrected chi connectivity index (χ4v) is 4.80. The Balaban J connectivity index is 1.38. The van der Waals surface area contributed by atoms with Crippen LogP contribution in [-0.2, 0) is 24.2 Å². The zero-order valence-electron chi connectivity index (χ0n) is 21.9. The Morgan fingerprint density at radius 1 is 0.846 bits per heavy atom. The van der Waals surface area contributed by atoms with Gasteiger partial charge in [0.2, 0.25) is 5.91 Å². The predicted octanol–water partition coefficient (Wildman–Crippen LogP) is 7.29. The number of carbonyl (C=O) groups excluding carboxylic acids is 1. The van der Waals surface area contributed by atoms with Crippen molar-refractivity contribution in [3.8, 4) is 11.1 Å². The quantitative estimate of drug-likeness (QED) is 0.215. The van der Waals surface area contributed by atoms with Crippen LogP contribution in [0.3, 0.4) is 0 Å². The first-order chi connectivity index (χ1) is 19.0. The molecular weight excluding hydrogens is 506 g/mol. The third-order valence-corrected chi connectivity index (χ3v) is 7.00. The minimum atomic E-state index is -0.106. The number of benzene rings is 4. The molecule has 6 heteroatoms. The highest BCUT2D eigenvalue weighted by Gasteiger charge is 2.13. The summed E-state index contributed by atoms with van der Waals surface area (Å²) in [5.41, 5.74) is 5.43. The van der Waals surface area contributed by atoms with Gasteiger partial charge in [-0.15, -0.1) is 0 Å². The van der Waals surface area contributed by atoms with Gasteiger partial charge in [-0.05, 0) is 65.4 Å². The van der Waals surface area contributed by atoms with E-state index in [2.05, 4.69) is 24.4 Å². The van der Waals surface area contributed by atoms with E-state index in [-0.39, 0.29) is 11.5 Å². The van der Waals surface area contributed by atoms with Crippen LogP contribution < -0.4 is 10.9 Å². The standard InChI is InChI=1S/C33H30ClN3O2/c1-2-6-31-36-30-19-18-28(35-32(38)20-11-23-7-4-3-5-8-23)21-29(30)33(39)37(31)22-24-9-12-25(13-10-24)26-14-16-27(34)17-15-26/h3-5,7-10,12-19,21H,2,6,11,20,22H2,1H3,(H,35,38). The van der Waals surface area contributed by atoms with Gasteiger partial charge < -0.3 is 5.32 Å². The number of anilines is 1. The molecule has 5 rings (SSSR count). The smallest absolute Gasteiger partial charge is 0.261 e. The van der Waals surface area contributed by atoms with Crippen molar-refractivity contribution in [3.63, 3.8) is 0 Å². The average Bonchev–Trinajstić information content (AvgIpc) is 2.96. The van der Waals surface area contributed by atoms with Crippen LogP contribution >= 0.6 is 11.6 Å². The first kappa shape index (κ1) is 26.4. The van der Waals surface area contributed by atoms with E-state index in [9.17, 15) is 9.59 Å². The number of nitrogens with one attached hydrogen (secondary N) is 1. The summed E-state index contributed by atoms with van der Waals surface area (Å²) in [6, 6.07) is 31.2. The Morgan fingerprint density at radius 2 is 1.54 bits per heavy atom. The zero-order valence-corrected chi connectivity index (χ0v) is 22.6. The topological polar surface area (TPSA) is 64.0 Å². The Bertz CT molecular complexity index is 1640. The Labute approximate surface area is 233 Å². The molecule has 196 valence electrons. The highest BCUT2D eigenvalue weighted by molar-refractivity contribution is 6.30. The van der Waals surface area contributed by atoms with Gasteiger partial charge in [0.05, 0.1) is 17.4 Å². The molecule has 5 aromatic rings. The number of amides is 1. The normalized spacial score (nSPS) is 11.0. The van der Waals surface area contributed by atoms with Gasteiger partial charge in [0.25, 0.3) is 5.56 Å². The van der Waals surface area contributed by atoms with Gasteiger partial charge in [0, 0.05) is 23.6 Å². The van der Waals surface area contributed by atoms with Crippen LogP contribution in [0.2, 0.25) is 5.02 Å². The highest BCUT2D eigenvalue weighted by Crippen LogP contribution is 2.23. The van der Waals surface area contributed by atoms with Crippen LogP contribution in [0.4, 0.5) is 5.69 Å². The summed E-state index contributed by atoms with van der Waals surface area (Å²) >= 11 is 6.02. The number of aryl methyl sites for hydroxylation is 2. The molecule has 5 nitrogen and oxygen atoms in total. The van der Waals surface area contributed by atoms with E-state index in [1.54, 1.807) is 10.6 Å². The van der Waals surface area contributed by atoms with Crippen molar-refractivity contribution < 1.29 is 4.79 Å². The number of halogens is 1. The van der Waals surface area contributed by atoms with Crippen molar-refractivity contribution in [3.05, 3.63) is 129 Å². The number of fused-ring (bicyclic) bond motifs is 1. The lowest BCUT2D eigenvalue weighted by Gasteiger charge is -2.14. The molecule has 4 aromatic carbocycles. The number of carbonyl (C=O) groups is 1. The molecule has 0 aliphatic heterocycles. The van der Waals surface area contributed by atoms with Crippen LogP contribution in [0.1, 0.15) is 36.7 Å². The monoisotopic (exact) mass is 535 g/mol. The SMILES string of the molecule is CCCc1nc2ccc(NC(=O)CCc3ccccc3)cc2c(=O)n1Cc1ccc(-c2ccc(Cl)cc2)cc1. The van der Waals surface area contributed by atoms with Gasteiger partial charge in [-0.3, -0.25) is 14.2 Å². The molecule has 0 radical (unpaired) electrons. The molecule has 1 aromatic heterocycles. The van der Waals surface area contributed by atoms with Crippen molar-refractivity contribution in [2.24, 2.45) is 0 Å². The Hall–Kier alpha value is -4.22. The first-order valence-electron chi connectivity index (χ1n) is 13.2. The van der Waals surface area contributed by atoms with Crippen LogP contribution in [0, 0.1) is 0 Å². The summed E-state index contributed by atoms with van der Waals surface area (Å²) in [4.78, 5) is 31.1. The summed E-state index contributed by atoms with van der Waals surface area (Å²) < 4.78 is 1.75. The fourth-order valence-electron chi connectivity index (χ4n) is 4.68. The Kier molecular flexibility index (Phi) is 8.18. The van der Waals surface area contributed by atoms with E-state index < -0.39 is 0 Å². The van der Waals surface area contributed by atoms with Crippen molar-refractivity contribution in [2.45, 2.75) is 39.2 Å². The van der Waals surface area contributed by atoms with E-state index in [1.807, 2.05) is 78.9 Å². The van der Waals surface area contributed by atoms with Crippen molar-refractivity contribution in [1.82, 2.24) is 9.55 Å². The predicted molar refractivity (Wildman–Crippen MR) is 159 cm³/mol. The number of rotatable bonds is 9. The molecule has 1 amide bonds. The maximum atomic E-state index is 13.7. The lowest BCUT2D eigenvalue weighted by Crippen LogP contribution is -2.26. The summed E-state index contributed by atoms with van der Waals surface area (Å²) in [5, 5.41) is 4.14. The molecule has 0 spiro atoms. The second-order valence-corrected chi connectivity index (χ2v) is 10.1. The van der Waals surface area contributed by atoms with Crippen LogP contribution in [0.25, 0.3) is 22.0 Å². The van der Waals surface area contributed by atoms with E-state index in [1.165, 1.54) is 0 Å². The summed E-state index contributed by atoms with van der Waals surface area (Å²) in [6.45, 7) is 2.50. The molecule has 1 heterocycles. The van der Waals surface area contributed by atoms with Gasteiger partial charge in [0.1, 0.15) is 5.82 Å². The van der Waals surface area contributed by atoms with E-state index in [4.69, 9.17) is 16.6 Å². The Morgan fingerprint density at radius 3 is 2.23 bits per heavy atom. The summed E-state index contributed by atoms with van der Waals surface area (Å²) in [5.74, 6) is 0.672. The largest absolute Gasteiger partial charge is 0.326 e. The lowest BCUT2D eigenvalue weighted by molar-refractivity contribution is -0.116. The third kappa shape index (κ3) is 6.44. The zero-order chi connectivity index (χ0) is 27.2. The summed E-state index contributed by atoms with van der Waals surface area (Å²) in [7, 11) is 0. The minimum absolute atomic E-state index is 0.0881. The molecule has 0 unspecified atom stereocenters. The molecule has 0 bridgehead atoms. The molecule has 0 aliphatic carbocycles.